The van der Waals surface area contributed by atoms with Crippen LogP contribution in [0.15, 0.2) is 32.6 Å². The SMILES string of the molecule is O=C(CSc1nnc(CC2CCS(=O)(=O)C2)o1)Nc1ccc2[nH]c(=O)[nH]c2c1. The van der Waals surface area contributed by atoms with Crippen molar-refractivity contribution in [3.63, 3.8) is 0 Å². The highest BCUT2D eigenvalue weighted by Crippen LogP contribution is 2.24. The molecule has 0 saturated carbocycles. The first-order valence-electron chi connectivity index (χ1n) is 8.54. The zero-order valence-corrected chi connectivity index (χ0v) is 16.2. The predicted molar refractivity (Wildman–Crippen MR) is 103 cm³/mol. The molecule has 4 rings (SSSR count). The van der Waals surface area contributed by atoms with E-state index < -0.39 is 9.84 Å². The number of fused-ring (bicyclic) bond motifs is 1. The second-order valence-corrected chi connectivity index (χ2v) is 9.77. The van der Waals surface area contributed by atoms with Crippen molar-refractivity contribution < 1.29 is 17.6 Å². The van der Waals surface area contributed by atoms with Gasteiger partial charge in [0.15, 0.2) is 9.84 Å². The smallest absolute Gasteiger partial charge is 0.323 e. The van der Waals surface area contributed by atoms with Crippen LogP contribution in [0.3, 0.4) is 0 Å². The second-order valence-electron chi connectivity index (χ2n) is 6.61. The summed E-state index contributed by atoms with van der Waals surface area (Å²) in [5.41, 5.74) is 1.51. The number of aromatic nitrogens is 4. The summed E-state index contributed by atoms with van der Waals surface area (Å²) in [5.74, 6) is 0.547. The summed E-state index contributed by atoms with van der Waals surface area (Å²) in [6.07, 6.45) is 1.03. The van der Waals surface area contributed by atoms with Crippen LogP contribution in [0.2, 0.25) is 0 Å². The fraction of sp³-hybridized carbons (Fsp3) is 0.375. The first-order valence-corrected chi connectivity index (χ1v) is 11.3. The van der Waals surface area contributed by atoms with Crippen molar-refractivity contribution in [3.8, 4) is 0 Å². The summed E-state index contributed by atoms with van der Waals surface area (Å²) in [7, 11) is -2.94. The molecule has 1 amide bonds. The van der Waals surface area contributed by atoms with Crippen LogP contribution >= 0.6 is 11.8 Å². The van der Waals surface area contributed by atoms with Crippen LogP contribution in [0.1, 0.15) is 12.3 Å². The molecule has 3 N–H and O–H groups in total. The molecule has 3 heterocycles. The molecule has 0 radical (unpaired) electrons. The van der Waals surface area contributed by atoms with Gasteiger partial charge in [0.2, 0.25) is 11.8 Å². The molecule has 1 aromatic carbocycles. The summed E-state index contributed by atoms with van der Waals surface area (Å²) < 4.78 is 28.5. The fourth-order valence-electron chi connectivity index (χ4n) is 3.09. The Kier molecular flexibility index (Phi) is 4.98. The molecule has 0 bridgehead atoms. The second kappa shape index (κ2) is 7.43. The number of nitrogens with zero attached hydrogens (tertiary/aromatic N) is 2. The number of imidazole rings is 1. The van der Waals surface area contributed by atoms with Gasteiger partial charge in [-0.25, -0.2) is 13.2 Å². The molecule has 1 unspecified atom stereocenters. The molecule has 10 nitrogen and oxygen atoms in total. The molecule has 1 saturated heterocycles. The van der Waals surface area contributed by atoms with Gasteiger partial charge in [0.25, 0.3) is 5.22 Å². The lowest BCUT2D eigenvalue weighted by atomic mass is 10.1. The summed E-state index contributed by atoms with van der Waals surface area (Å²) >= 11 is 1.10. The quantitative estimate of drug-likeness (QED) is 0.496. The van der Waals surface area contributed by atoms with E-state index >= 15 is 0 Å². The molecule has 2 aromatic heterocycles. The van der Waals surface area contributed by atoms with E-state index in [4.69, 9.17) is 4.42 Å². The number of H-pyrrole nitrogens is 2. The Hall–Kier alpha value is -2.60. The lowest BCUT2D eigenvalue weighted by Gasteiger charge is -2.04. The minimum absolute atomic E-state index is 0.00129. The van der Waals surface area contributed by atoms with Crippen molar-refractivity contribution in [2.75, 3.05) is 22.6 Å². The van der Waals surface area contributed by atoms with Crippen LogP contribution in [-0.4, -0.2) is 51.7 Å². The Morgan fingerprint density at radius 2 is 2.11 bits per heavy atom. The number of nitrogens with one attached hydrogen (secondary N) is 3. The number of benzene rings is 1. The van der Waals surface area contributed by atoms with E-state index in [1.54, 1.807) is 18.2 Å². The third-order valence-corrected chi connectivity index (χ3v) is 7.02. The van der Waals surface area contributed by atoms with Crippen molar-refractivity contribution in [3.05, 3.63) is 34.6 Å². The van der Waals surface area contributed by atoms with E-state index in [0.29, 0.717) is 35.5 Å². The first kappa shape index (κ1) is 18.7. The summed E-state index contributed by atoms with van der Waals surface area (Å²) in [6.45, 7) is 0. The normalized spacial score (nSPS) is 18.5. The first-order chi connectivity index (χ1) is 13.4. The molecule has 1 atom stereocenters. The number of amides is 1. The van der Waals surface area contributed by atoms with Gasteiger partial charge < -0.3 is 19.7 Å². The van der Waals surface area contributed by atoms with Gasteiger partial charge in [-0.3, -0.25) is 4.79 Å². The summed E-state index contributed by atoms with van der Waals surface area (Å²) in [4.78, 5) is 28.6. The minimum atomic E-state index is -2.94. The maximum atomic E-state index is 12.1. The van der Waals surface area contributed by atoms with Gasteiger partial charge >= 0.3 is 5.69 Å². The lowest BCUT2D eigenvalue weighted by Crippen LogP contribution is -2.13. The van der Waals surface area contributed by atoms with Crippen LogP contribution in [0.25, 0.3) is 11.0 Å². The molecule has 1 fully saturated rings. The van der Waals surface area contributed by atoms with Crippen molar-refractivity contribution in [1.29, 1.82) is 0 Å². The number of hydrogen-bond acceptors (Lipinski definition) is 8. The number of carbonyl (C=O) groups is 1. The monoisotopic (exact) mass is 423 g/mol. The van der Waals surface area contributed by atoms with E-state index in [9.17, 15) is 18.0 Å². The van der Waals surface area contributed by atoms with E-state index in [-0.39, 0.29) is 40.0 Å². The molecular formula is C16H17N5O5S2. The molecule has 12 heteroatoms. The average Bonchev–Trinajstić information content (AvgIpc) is 3.31. The Balaban J connectivity index is 1.29. The standard InChI is InChI=1S/C16H17N5O5S2/c22-13(17-10-1-2-11-12(6-10)19-15(23)18-11)7-27-16-21-20-14(26-16)5-9-3-4-28(24,25)8-9/h1-2,6,9H,3-5,7-8H2,(H,17,22)(H2,18,19,23). The number of carbonyl (C=O) groups excluding carboxylic acids is 1. The van der Waals surface area contributed by atoms with Crippen molar-refractivity contribution in [1.82, 2.24) is 20.2 Å². The van der Waals surface area contributed by atoms with E-state index in [1.165, 1.54) is 0 Å². The van der Waals surface area contributed by atoms with E-state index in [2.05, 4.69) is 25.5 Å². The van der Waals surface area contributed by atoms with Gasteiger partial charge in [0, 0.05) is 12.1 Å². The van der Waals surface area contributed by atoms with Crippen LogP contribution < -0.4 is 11.0 Å². The molecule has 1 aliphatic rings. The number of hydrogen-bond donors (Lipinski definition) is 3. The predicted octanol–water partition coefficient (Wildman–Crippen LogP) is 0.947. The number of sulfone groups is 1. The maximum Gasteiger partial charge on any atom is 0.323 e. The topological polar surface area (TPSA) is 151 Å². The third kappa shape index (κ3) is 4.44. The molecule has 0 aliphatic carbocycles. The molecule has 148 valence electrons. The molecular weight excluding hydrogens is 406 g/mol. The number of thioether (sulfide) groups is 1. The van der Waals surface area contributed by atoms with Crippen LogP contribution in [0.5, 0.6) is 0 Å². The average molecular weight is 423 g/mol. The molecule has 0 spiro atoms. The number of aromatic amines is 2. The molecule has 1 aliphatic heterocycles. The Morgan fingerprint density at radius 1 is 1.29 bits per heavy atom. The Bertz CT molecular complexity index is 1180. The van der Waals surface area contributed by atoms with Crippen LogP contribution in [0.4, 0.5) is 5.69 Å². The van der Waals surface area contributed by atoms with Gasteiger partial charge in [0.05, 0.1) is 28.3 Å². The third-order valence-electron chi connectivity index (χ3n) is 4.36. The summed E-state index contributed by atoms with van der Waals surface area (Å²) in [5, 5.41) is 10.8. The zero-order chi connectivity index (χ0) is 19.7. The van der Waals surface area contributed by atoms with Gasteiger partial charge in [-0.2, -0.15) is 0 Å². The lowest BCUT2D eigenvalue weighted by molar-refractivity contribution is -0.113. The highest BCUT2D eigenvalue weighted by Gasteiger charge is 2.29. The van der Waals surface area contributed by atoms with Crippen molar-refractivity contribution in [2.24, 2.45) is 5.92 Å². The maximum absolute atomic E-state index is 12.1. The summed E-state index contributed by atoms with van der Waals surface area (Å²) in [6, 6.07) is 5.05. The zero-order valence-electron chi connectivity index (χ0n) is 14.6. The van der Waals surface area contributed by atoms with E-state index in [0.717, 1.165) is 11.8 Å². The number of anilines is 1. The Morgan fingerprint density at radius 3 is 2.89 bits per heavy atom. The van der Waals surface area contributed by atoms with Crippen LogP contribution in [0, 0.1) is 5.92 Å². The largest absolute Gasteiger partial charge is 0.416 e. The number of rotatable bonds is 6. The van der Waals surface area contributed by atoms with E-state index in [1.807, 2.05) is 0 Å². The van der Waals surface area contributed by atoms with Crippen LogP contribution in [-0.2, 0) is 21.1 Å². The molecule has 28 heavy (non-hydrogen) atoms. The van der Waals surface area contributed by atoms with Gasteiger partial charge in [-0.05, 0) is 30.5 Å². The van der Waals surface area contributed by atoms with Gasteiger partial charge in [-0.15, -0.1) is 10.2 Å². The highest BCUT2D eigenvalue weighted by atomic mass is 32.2. The van der Waals surface area contributed by atoms with Gasteiger partial charge in [-0.1, -0.05) is 11.8 Å². The fourth-order valence-corrected chi connectivity index (χ4v) is 5.54. The van der Waals surface area contributed by atoms with Crippen molar-refractivity contribution >= 4 is 44.2 Å². The molecule has 3 aromatic rings. The Labute approximate surface area is 163 Å². The van der Waals surface area contributed by atoms with Crippen molar-refractivity contribution in [2.45, 2.75) is 18.1 Å². The van der Waals surface area contributed by atoms with Gasteiger partial charge in [0.1, 0.15) is 0 Å². The minimum Gasteiger partial charge on any atom is -0.416 e. The highest BCUT2D eigenvalue weighted by molar-refractivity contribution is 7.99.